The molecule has 1 heterocycles. The number of nitrogens with one attached hydrogen (secondary N) is 1. The molecule has 3 aliphatic rings. The SMILES string of the molecule is CC(C)c1ccc(S(=O)(=O)N2CCC(C(=O)NC3CC4CCC3(C)C4(C)C)CC2)cc1. The summed E-state index contributed by atoms with van der Waals surface area (Å²) in [4.78, 5) is 13.4. The smallest absolute Gasteiger partial charge is 0.243 e. The fourth-order valence-corrected chi connectivity index (χ4v) is 7.71. The molecule has 2 saturated carbocycles. The van der Waals surface area contributed by atoms with Gasteiger partial charge in [-0.15, -0.1) is 0 Å². The zero-order valence-corrected chi connectivity index (χ0v) is 20.5. The van der Waals surface area contributed by atoms with E-state index in [-0.39, 0.29) is 28.7 Å². The van der Waals surface area contributed by atoms with Gasteiger partial charge in [0.15, 0.2) is 0 Å². The molecule has 0 spiro atoms. The van der Waals surface area contributed by atoms with Gasteiger partial charge in [-0.05, 0) is 72.5 Å². The molecule has 0 radical (unpaired) electrons. The number of hydrogen-bond donors (Lipinski definition) is 1. The van der Waals surface area contributed by atoms with Gasteiger partial charge in [-0.2, -0.15) is 4.31 Å². The molecule has 2 bridgehead atoms. The normalized spacial score (nSPS) is 31.3. The van der Waals surface area contributed by atoms with Gasteiger partial charge in [0.05, 0.1) is 4.90 Å². The van der Waals surface area contributed by atoms with Crippen molar-refractivity contribution in [1.29, 1.82) is 0 Å². The molecular weight excluding hydrogens is 408 g/mol. The summed E-state index contributed by atoms with van der Waals surface area (Å²) in [6, 6.07) is 7.46. The van der Waals surface area contributed by atoms with Crippen LogP contribution in [0, 0.1) is 22.7 Å². The lowest BCUT2D eigenvalue weighted by molar-refractivity contribution is -0.127. The van der Waals surface area contributed by atoms with Gasteiger partial charge >= 0.3 is 0 Å². The van der Waals surface area contributed by atoms with Crippen LogP contribution >= 0.6 is 0 Å². The number of rotatable bonds is 5. The van der Waals surface area contributed by atoms with Gasteiger partial charge in [0.25, 0.3) is 0 Å². The molecule has 1 aromatic carbocycles. The Morgan fingerprint density at radius 2 is 1.68 bits per heavy atom. The first-order valence-corrected chi connectivity index (χ1v) is 13.3. The lowest BCUT2D eigenvalue weighted by atomic mass is 9.69. The molecule has 1 aromatic rings. The van der Waals surface area contributed by atoms with E-state index in [4.69, 9.17) is 0 Å². The van der Waals surface area contributed by atoms with Crippen LogP contribution in [0.2, 0.25) is 0 Å². The van der Waals surface area contributed by atoms with Crippen molar-refractivity contribution in [3.8, 4) is 0 Å². The number of nitrogens with zero attached hydrogens (tertiary/aromatic N) is 1. The molecule has 4 rings (SSSR count). The Morgan fingerprint density at radius 3 is 2.16 bits per heavy atom. The molecular formula is C25H38N2O3S. The minimum atomic E-state index is -3.51. The second-order valence-electron chi connectivity index (χ2n) is 11.1. The molecule has 2 aliphatic carbocycles. The van der Waals surface area contributed by atoms with E-state index < -0.39 is 10.0 Å². The maximum atomic E-state index is 13.0. The van der Waals surface area contributed by atoms with Crippen molar-refractivity contribution in [1.82, 2.24) is 9.62 Å². The summed E-state index contributed by atoms with van der Waals surface area (Å²) in [6.45, 7) is 12.0. The molecule has 1 N–H and O–H groups in total. The van der Waals surface area contributed by atoms with E-state index in [0.29, 0.717) is 42.7 Å². The summed E-state index contributed by atoms with van der Waals surface area (Å²) < 4.78 is 27.6. The Morgan fingerprint density at radius 1 is 1.06 bits per heavy atom. The summed E-state index contributed by atoms with van der Waals surface area (Å²) in [6.07, 6.45) is 4.71. The Labute approximate surface area is 188 Å². The van der Waals surface area contributed by atoms with Crippen molar-refractivity contribution >= 4 is 15.9 Å². The summed E-state index contributed by atoms with van der Waals surface area (Å²) >= 11 is 0. The summed E-state index contributed by atoms with van der Waals surface area (Å²) in [5.74, 6) is 1.08. The van der Waals surface area contributed by atoms with Gasteiger partial charge in [-0.3, -0.25) is 4.79 Å². The number of fused-ring (bicyclic) bond motifs is 2. The second kappa shape index (κ2) is 7.87. The predicted octanol–water partition coefficient (Wildman–Crippen LogP) is 4.54. The lowest BCUT2D eigenvalue weighted by Crippen LogP contribution is -2.50. The molecule has 31 heavy (non-hydrogen) atoms. The average Bonchev–Trinajstić information content (AvgIpc) is 3.07. The van der Waals surface area contributed by atoms with Crippen molar-refractivity contribution in [2.24, 2.45) is 22.7 Å². The zero-order chi connectivity index (χ0) is 22.6. The molecule has 0 aromatic heterocycles. The fraction of sp³-hybridized carbons (Fsp3) is 0.720. The van der Waals surface area contributed by atoms with Gasteiger partial charge in [-0.25, -0.2) is 8.42 Å². The summed E-state index contributed by atoms with van der Waals surface area (Å²) in [5.41, 5.74) is 1.57. The minimum Gasteiger partial charge on any atom is -0.353 e. The Bertz CT molecular complexity index is 930. The van der Waals surface area contributed by atoms with Crippen molar-refractivity contribution in [3.05, 3.63) is 29.8 Å². The first kappa shape index (κ1) is 22.8. The first-order chi connectivity index (χ1) is 14.5. The number of amides is 1. The fourth-order valence-electron chi connectivity index (χ4n) is 6.24. The molecule has 1 amide bonds. The second-order valence-corrected chi connectivity index (χ2v) is 13.0. The third-order valence-electron chi connectivity index (χ3n) is 9.12. The van der Waals surface area contributed by atoms with E-state index in [1.807, 2.05) is 12.1 Å². The van der Waals surface area contributed by atoms with E-state index in [1.54, 1.807) is 16.4 Å². The molecule has 3 fully saturated rings. The quantitative estimate of drug-likeness (QED) is 0.722. The zero-order valence-electron chi connectivity index (χ0n) is 19.6. The molecule has 1 aliphatic heterocycles. The van der Waals surface area contributed by atoms with Gasteiger partial charge in [0.1, 0.15) is 0 Å². The topological polar surface area (TPSA) is 66.5 Å². The van der Waals surface area contributed by atoms with Gasteiger partial charge in [-0.1, -0.05) is 46.8 Å². The largest absolute Gasteiger partial charge is 0.353 e. The number of sulfonamides is 1. The maximum Gasteiger partial charge on any atom is 0.243 e. The first-order valence-electron chi connectivity index (χ1n) is 11.9. The monoisotopic (exact) mass is 446 g/mol. The molecule has 3 atom stereocenters. The molecule has 6 heteroatoms. The maximum absolute atomic E-state index is 13.0. The highest BCUT2D eigenvalue weighted by Crippen LogP contribution is 2.65. The van der Waals surface area contributed by atoms with Crippen LogP contribution in [-0.4, -0.2) is 37.8 Å². The Hall–Kier alpha value is -1.40. The minimum absolute atomic E-state index is 0.0967. The van der Waals surface area contributed by atoms with Crippen LogP contribution in [0.1, 0.15) is 78.2 Å². The third-order valence-corrected chi connectivity index (χ3v) is 11.0. The van der Waals surface area contributed by atoms with E-state index in [1.165, 1.54) is 12.8 Å². The van der Waals surface area contributed by atoms with Crippen LogP contribution in [-0.2, 0) is 14.8 Å². The number of piperidine rings is 1. The van der Waals surface area contributed by atoms with E-state index >= 15 is 0 Å². The number of carbonyl (C=O) groups is 1. The molecule has 1 saturated heterocycles. The molecule has 5 nitrogen and oxygen atoms in total. The third kappa shape index (κ3) is 3.74. The van der Waals surface area contributed by atoms with Crippen LogP contribution < -0.4 is 5.32 Å². The van der Waals surface area contributed by atoms with Crippen molar-refractivity contribution in [2.45, 2.75) is 83.6 Å². The number of benzene rings is 1. The van der Waals surface area contributed by atoms with Crippen molar-refractivity contribution in [3.63, 3.8) is 0 Å². The average molecular weight is 447 g/mol. The van der Waals surface area contributed by atoms with Crippen LogP contribution in [0.15, 0.2) is 29.2 Å². The van der Waals surface area contributed by atoms with Crippen LogP contribution in [0.3, 0.4) is 0 Å². The van der Waals surface area contributed by atoms with Crippen molar-refractivity contribution in [2.75, 3.05) is 13.1 Å². The van der Waals surface area contributed by atoms with Gasteiger partial charge in [0, 0.05) is 25.0 Å². The highest BCUT2D eigenvalue weighted by molar-refractivity contribution is 7.89. The van der Waals surface area contributed by atoms with Gasteiger partial charge < -0.3 is 5.32 Å². The van der Waals surface area contributed by atoms with Crippen molar-refractivity contribution < 1.29 is 13.2 Å². The number of hydrogen-bond acceptors (Lipinski definition) is 3. The molecule has 172 valence electrons. The van der Waals surface area contributed by atoms with Crippen LogP contribution in [0.5, 0.6) is 0 Å². The summed E-state index contributed by atoms with van der Waals surface area (Å²) in [5, 5.41) is 3.37. The van der Waals surface area contributed by atoms with Crippen LogP contribution in [0.4, 0.5) is 0 Å². The highest BCUT2D eigenvalue weighted by Gasteiger charge is 2.61. The Kier molecular flexibility index (Phi) is 5.79. The summed E-state index contributed by atoms with van der Waals surface area (Å²) in [7, 11) is -3.51. The highest BCUT2D eigenvalue weighted by atomic mass is 32.2. The lowest BCUT2D eigenvalue weighted by Gasteiger charge is -2.40. The molecule has 3 unspecified atom stereocenters. The standard InChI is InChI=1S/C25H38N2O3S/c1-17(2)18-6-8-21(9-7-18)31(29,30)27-14-11-19(12-15-27)23(28)26-22-16-20-10-13-25(22,5)24(20,3)4/h6-9,17,19-20,22H,10-16H2,1-5H3,(H,26,28). The van der Waals surface area contributed by atoms with E-state index in [2.05, 4.69) is 39.9 Å². The van der Waals surface area contributed by atoms with Crippen LogP contribution in [0.25, 0.3) is 0 Å². The predicted molar refractivity (Wildman–Crippen MR) is 123 cm³/mol. The Balaban J connectivity index is 1.36. The van der Waals surface area contributed by atoms with Gasteiger partial charge in [0.2, 0.25) is 15.9 Å². The van der Waals surface area contributed by atoms with E-state index in [0.717, 1.165) is 12.0 Å². The van der Waals surface area contributed by atoms with E-state index in [9.17, 15) is 13.2 Å². The number of carbonyl (C=O) groups excluding carboxylic acids is 1.